The largest absolute Gasteiger partial charge is 0.490 e. The molecule has 21 heteroatoms. The third-order valence-electron chi connectivity index (χ3n) is 8.55. The Morgan fingerprint density at radius 2 is 1.48 bits per heavy atom. The number of hydrogen-bond donors (Lipinski definition) is 4. The zero-order valence-corrected chi connectivity index (χ0v) is 27.2. The number of anilines is 1. The maximum Gasteiger partial charge on any atom is 0.490 e. The van der Waals surface area contributed by atoms with Gasteiger partial charge in [0.2, 0.25) is 5.91 Å². The van der Waals surface area contributed by atoms with Crippen LogP contribution in [0, 0.1) is 5.41 Å². The van der Waals surface area contributed by atoms with Crippen LogP contribution in [0.1, 0.15) is 45.2 Å². The van der Waals surface area contributed by atoms with Gasteiger partial charge in [-0.15, -0.1) is 0 Å². The highest BCUT2D eigenvalue weighted by Gasteiger charge is 2.56. The highest BCUT2D eigenvalue weighted by molar-refractivity contribution is 5.85. The topological polar surface area (TPSA) is 162 Å². The van der Waals surface area contributed by atoms with Crippen LogP contribution >= 0.6 is 0 Å². The maximum atomic E-state index is 13.9. The molecular weight excluding hydrogens is 703 g/mol. The summed E-state index contributed by atoms with van der Waals surface area (Å²) in [7, 11) is 1.67. The van der Waals surface area contributed by atoms with Gasteiger partial charge in [0, 0.05) is 52.0 Å². The molecule has 1 aromatic heterocycles. The fourth-order valence-electron chi connectivity index (χ4n) is 5.84. The van der Waals surface area contributed by atoms with E-state index in [0.29, 0.717) is 52.2 Å². The van der Waals surface area contributed by atoms with Gasteiger partial charge in [-0.1, -0.05) is 6.07 Å². The zero-order valence-electron chi connectivity index (χ0n) is 27.2. The van der Waals surface area contributed by atoms with E-state index in [1.54, 1.807) is 36.8 Å². The van der Waals surface area contributed by atoms with Gasteiger partial charge < -0.3 is 39.9 Å². The first kappa shape index (κ1) is 42.7. The summed E-state index contributed by atoms with van der Waals surface area (Å²) in [6.45, 7) is 6.05. The SMILES string of the molecule is COC1COCCC1N[C@H]1CC[C@@](C(=O)N2CCN(c3cccc(C(F)(F)F)n3)CC2)(C(C)(C)O)C1.O=C(O)C(F)(F)F.O=C(O)C(F)(F)F. The summed E-state index contributed by atoms with van der Waals surface area (Å²) in [5.41, 5.74) is -3.09. The number of aliphatic hydroxyl groups is 1. The number of hydrogen-bond acceptors (Lipinski definition) is 9. The molecule has 1 amide bonds. The van der Waals surface area contributed by atoms with E-state index in [9.17, 15) is 49.4 Å². The molecule has 1 saturated carbocycles. The van der Waals surface area contributed by atoms with Gasteiger partial charge in [0.25, 0.3) is 0 Å². The van der Waals surface area contributed by atoms with E-state index in [0.717, 1.165) is 18.9 Å². The van der Waals surface area contributed by atoms with Crippen molar-refractivity contribution in [2.24, 2.45) is 5.41 Å². The highest BCUT2D eigenvalue weighted by atomic mass is 19.4. The number of halogens is 9. The quantitative estimate of drug-likeness (QED) is 0.315. The van der Waals surface area contributed by atoms with Crippen molar-refractivity contribution in [2.75, 3.05) is 51.4 Å². The van der Waals surface area contributed by atoms with Crippen LogP contribution in [-0.2, 0) is 30.0 Å². The number of aromatic nitrogens is 1. The molecule has 12 nitrogen and oxygen atoms in total. The van der Waals surface area contributed by atoms with Crippen molar-refractivity contribution in [1.82, 2.24) is 15.2 Å². The van der Waals surface area contributed by atoms with Gasteiger partial charge in [0.1, 0.15) is 11.5 Å². The predicted octanol–water partition coefficient (Wildman–Crippen LogP) is 3.72. The van der Waals surface area contributed by atoms with Gasteiger partial charge >= 0.3 is 30.5 Å². The fourth-order valence-corrected chi connectivity index (χ4v) is 5.84. The van der Waals surface area contributed by atoms with E-state index in [4.69, 9.17) is 29.3 Å². The average molecular weight is 743 g/mol. The molecule has 4 N–H and O–H groups in total. The highest BCUT2D eigenvalue weighted by Crippen LogP contribution is 2.48. The first-order valence-electron chi connectivity index (χ1n) is 15.1. The number of carbonyl (C=O) groups is 3. The van der Waals surface area contributed by atoms with Crippen LogP contribution in [0.15, 0.2) is 18.2 Å². The number of aliphatic carboxylic acids is 2. The van der Waals surface area contributed by atoms with E-state index < -0.39 is 47.2 Å². The molecule has 0 bridgehead atoms. The van der Waals surface area contributed by atoms with Crippen molar-refractivity contribution in [2.45, 2.75) is 81.8 Å². The molecular formula is C29H39F9N4O8. The van der Waals surface area contributed by atoms with Crippen LogP contribution in [0.5, 0.6) is 0 Å². The molecule has 2 aliphatic heterocycles. The normalized spacial score (nSPS) is 24.8. The summed E-state index contributed by atoms with van der Waals surface area (Å²) in [6.07, 6.45) is -12.1. The fraction of sp³-hybridized carbons (Fsp3) is 0.724. The van der Waals surface area contributed by atoms with E-state index in [1.165, 1.54) is 6.07 Å². The Morgan fingerprint density at radius 1 is 0.940 bits per heavy atom. The predicted molar refractivity (Wildman–Crippen MR) is 155 cm³/mol. The van der Waals surface area contributed by atoms with E-state index in [-0.39, 0.29) is 29.9 Å². The molecule has 3 heterocycles. The van der Waals surface area contributed by atoms with E-state index in [2.05, 4.69) is 10.3 Å². The van der Waals surface area contributed by atoms with Crippen LogP contribution in [0.3, 0.4) is 0 Å². The third-order valence-corrected chi connectivity index (χ3v) is 8.55. The first-order valence-corrected chi connectivity index (χ1v) is 15.1. The summed E-state index contributed by atoms with van der Waals surface area (Å²) < 4.78 is 114. The summed E-state index contributed by atoms with van der Waals surface area (Å²) >= 11 is 0. The third kappa shape index (κ3) is 11.6. The minimum atomic E-state index is -5.08. The molecule has 1 aliphatic carbocycles. The van der Waals surface area contributed by atoms with Crippen LogP contribution < -0.4 is 10.2 Å². The Kier molecular flexibility index (Phi) is 14.3. The van der Waals surface area contributed by atoms with Gasteiger partial charge in [0.15, 0.2) is 0 Å². The summed E-state index contributed by atoms with van der Waals surface area (Å²) in [6, 6.07) is 4.06. The number of piperazine rings is 1. The number of carboxylic acids is 2. The second-order valence-corrected chi connectivity index (χ2v) is 12.3. The number of carboxylic acid groups (broad SMARTS) is 2. The summed E-state index contributed by atoms with van der Waals surface area (Å²) in [5, 5.41) is 29.1. The maximum absolute atomic E-state index is 13.9. The summed E-state index contributed by atoms with van der Waals surface area (Å²) in [5.74, 6) is -5.35. The van der Waals surface area contributed by atoms with Crippen molar-refractivity contribution >= 4 is 23.7 Å². The number of methoxy groups -OCH3 is 1. The number of nitrogens with zero attached hydrogens (tertiary/aromatic N) is 3. The van der Waals surface area contributed by atoms with Gasteiger partial charge in [-0.3, -0.25) is 4.79 Å². The molecule has 2 unspecified atom stereocenters. The van der Waals surface area contributed by atoms with Crippen molar-refractivity contribution in [3.8, 4) is 0 Å². The van der Waals surface area contributed by atoms with Gasteiger partial charge in [-0.2, -0.15) is 39.5 Å². The second-order valence-electron chi connectivity index (χ2n) is 12.3. The number of pyridine rings is 1. The first-order chi connectivity index (χ1) is 22.8. The number of amides is 1. The van der Waals surface area contributed by atoms with Crippen molar-refractivity contribution in [1.29, 1.82) is 0 Å². The number of rotatable bonds is 6. The second kappa shape index (κ2) is 16.7. The molecule has 3 aliphatic rings. The van der Waals surface area contributed by atoms with Crippen LogP contribution in [0.25, 0.3) is 0 Å². The molecule has 0 aromatic carbocycles. The molecule has 1 aromatic rings. The zero-order chi connectivity index (χ0) is 38.3. The smallest absolute Gasteiger partial charge is 0.475 e. The van der Waals surface area contributed by atoms with Gasteiger partial charge in [-0.25, -0.2) is 14.6 Å². The molecule has 50 heavy (non-hydrogen) atoms. The lowest BCUT2D eigenvalue weighted by Crippen LogP contribution is -2.59. The number of alkyl halides is 9. The van der Waals surface area contributed by atoms with Crippen LogP contribution in [-0.4, -0.2) is 126 Å². The molecule has 4 rings (SSSR count). The van der Waals surface area contributed by atoms with Crippen LogP contribution in [0.4, 0.5) is 45.3 Å². The Balaban J connectivity index is 0.000000521. The minimum absolute atomic E-state index is 0.0517. The lowest BCUT2D eigenvalue weighted by atomic mass is 9.70. The monoisotopic (exact) mass is 742 g/mol. The Labute approximate surface area is 280 Å². The Hall–Kier alpha value is -3.43. The minimum Gasteiger partial charge on any atom is -0.475 e. The molecule has 0 radical (unpaired) electrons. The standard InChI is InChI=1S/C25H37F3N4O4.2C2HF3O2/c1-23(2,34)24(9-7-17(15-24)29-18-8-14-36-16-19(18)35-3)22(33)32-12-10-31(11-13-32)21-6-4-5-20(30-21)25(26,27)28;2*3-2(4,5)1(6)7/h4-6,17-19,29,34H,7-16H2,1-3H3;2*(H,6,7)/t17-,18?,19?,24+;;/m0../s1. The average Bonchev–Trinajstić information content (AvgIpc) is 3.46. The lowest BCUT2D eigenvalue weighted by molar-refractivity contribution is -0.193. The Morgan fingerprint density at radius 3 is 1.94 bits per heavy atom. The summed E-state index contributed by atoms with van der Waals surface area (Å²) in [4.78, 5) is 39.0. The van der Waals surface area contributed by atoms with Crippen molar-refractivity contribution in [3.63, 3.8) is 0 Å². The van der Waals surface area contributed by atoms with Gasteiger partial charge in [-0.05, 0) is 51.7 Å². The molecule has 286 valence electrons. The molecule has 2 saturated heterocycles. The number of nitrogens with one attached hydrogen (secondary N) is 1. The molecule has 3 fully saturated rings. The van der Waals surface area contributed by atoms with Crippen molar-refractivity contribution in [3.05, 3.63) is 23.9 Å². The van der Waals surface area contributed by atoms with Crippen LogP contribution in [0.2, 0.25) is 0 Å². The van der Waals surface area contributed by atoms with Crippen molar-refractivity contribution < 1.29 is 78.7 Å². The number of ether oxygens (including phenoxy) is 2. The van der Waals surface area contributed by atoms with Gasteiger partial charge in [0.05, 0.1) is 23.7 Å². The van der Waals surface area contributed by atoms with E-state index >= 15 is 0 Å². The molecule has 0 spiro atoms. The number of carbonyl (C=O) groups excluding carboxylic acids is 1. The van der Waals surface area contributed by atoms with E-state index in [1.807, 2.05) is 0 Å². The Bertz CT molecular complexity index is 1280. The molecule has 4 atom stereocenters. The lowest BCUT2D eigenvalue weighted by Gasteiger charge is -2.45.